The number of nitrogens with zero attached hydrogens (tertiary/aromatic N) is 1. The van der Waals surface area contributed by atoms with E-state index in [1.165, 1.54) is 0 Å². The number of carbonyl (C=O) groups excluding carboxylic acids is 1. The predicted octanol–water partition coefficient (Wildman–Crippen LogP) is 0.481. The summed E-state index contributed by atoms with van der Waals surface area (Å²) in [5, 5.41) is 3.22. The summed E-state index contributed by atoms with van der Waals surface area (Å²) in [6.07, 6.45) is 1.51. The molecular weight excluding hydrogens is 180 g/mol. The zero-order valence-corrected chi connectivity index (χ0v) is 9.51. The lowest BCUT2D eigenvalue weighted by atomic mass is 10.3. The fourth-order valence-corrected chi connectivity index (χ4v) is 1.00. The largest absolute Gasteiger partial charge is 0.380 e. The maximum absolute atomic E-state index is 11.2. The number of nitrogens with one attached hydrogen (secondary N) is 1. The van der Waals surface area contributed by atoms with Crippen LogP contribution in [0.2, 0.25) is 0 Å². The molecule has 4 heteroatoms. The van der Waals surface area contributed by atoms with Crippen LogP contribution in [0.3, 0.4) is 0 Å². The van der Waals surface area contributed by atoms with Crippen molar-refractivity contribution in [3.63, 3.8) is 0 Å². The Morgan fingerprint density at radius 3 is 2.64 bits per heavy atom. The van der Waals surface area contributed by atoms with Crippen LogP contribution in [-0.4, -0.2) is 51.2 Å². The van der Waals surface area contributed by atoms with Crippen LogP contribution in [0.1, 0.15) is 19.8 Å². The minimum Gasteiger partial charge on any atom is -0.380 e. The molecule has 0 aromatic carbocycles. The van der Waals surface area contributed by atoms with Crippen molar-refractivity contribution in [1.82, 2.24) is 10.2 Å². The molecule has 0 unspecified atom stereocenters. The molecule has 0 saturated heterocycles. The minimum atomic E-state index is 0.191. The Morgan fingerprint density at radius 1 is 1.36 bits per heavy atom. The Balaban J connectivity index is 3.10. The van der Waals surface area contributed by atoms with Crippen LogP contribution in [0.25, 0.3) is 0 Å². The van der Waals surface area contributed by atoms with E-state index in [-0.39, 0.29) is 5.91 Å². The van der Waals surface area contributed by atoms with Gasteiger partial charge in [0, 0.05) is 33.7 Å². The molecule has 0 atom stereocenters. The van der Waals surface area contributed by atoms with Crippen LogP contribution < -0.4 is 5.32 Å². The average Bonchev–Trinajstić information content (AvgIpc) is 2.16. The highest BCUT2D eigenvalue weighted by molar-refractivity contribution is 5.75. The van der Waals surface area contributed by atoms with E-state index < -0.39 is 0 Å². The van der Waals surface area contributed by atoms with Gasteiger partial charge in [0.1, 0.15) is 0 Å². The lowest BCUT2D eigenvalue weighted by Crippen LogP contribution is -2.25. The van der Waals surface area contributed by atoms with Crippen molar-refractivity contribution >= 4 is 5.91 Å². The van der Waals surface area contributed by atoms with Crippen LogP contribution in [0.4, 0.5) is 0 Å². The highest BCUT2D eigenvalue weighted by Crippen LogP contribution is 1.91. The van der Waals surface area contributed by atoms with Gasteiger partial charge in [-0.2, -0.15) is 0 Å². The molecule has 1 amide bonds. The first-order valence-corrected chi connectivity index (χ1v) is 5.17. The van der Waals surface area contributed by atoms with Crippen LogP contribution in [0, 0.1) is 0 Å². The summed E-state index contributed by atoms with van der Waals surface area (Å²) in [7, 11) is 3.57. The standard InChI is InChI=1S/C10H22N2O2/c1-4-14-9-8-11-7-5-6-10(13)12(2)3/h11H,4-9H2,1-3H3. The predicted molar refractivity (Wildman–Crippen MR) is 57.3 cm³/mol. The molecule has 0 rings (SSSR count). The molecule has 1 N–H and O–H groups in total. The van der Waals surface area contributed by atoms with Gasteiger partial charge in [-0.3, -0.25) is 4.79 Å². The molecule has 0 spiro atoms. The maximum atomic E-state index is 11.2. The third-order valence-electron chi connectivity index (χ3n) is 1.87. The fraction of sp³-hybridized carbons (Fsp3) is 0.900. The second-order valence-electron chi connectivity index (χ2n) is 3.34. The van der Waals surface area contributed by atoms with Crippen LogP contribution in [-0.2, 0) is 9.53 Å². The molecule has 0 aliphatic rings. The van der Waals surface area contributed by atoms with Gasteiger partial charge in [0.05, 0.1) is 6.61 Å². The van der Waals surface area contributed by atoms with Gasteiger partial charge in [-0.15, -0.1) is 0 Å². The second kappa shape index (κ2) is 8.97. The molecule has 0 fully saturated rings. The van der Waals surface area contributed by atoms with E-state index in [0.717, 1.165) is 32.7 Å². The number of amides is 1. The Bertz CT molecular complexity index is 149. The molecule has 0 aromatic rings. The number of rotatable bonds is 8. The van der Waals surface area contributed by atoms with E-state index in [9.17, 15) is 4.79 Å². The number of hydrogen-bond acceptors (Lipinski definition) is 3. The van der Waals surface area contributed by atoms with Crippen LogP contribution >= 0.6 is 0 Å². The zero-order valence-electron chi connectivity index (χ0n) is 9.51. The van der Waals surface area contributed by atoms with Crippen molar-refractivity contribution < 1.29 is 9.53 Å². The van der Waals surface area contributed by atoms with E-state index in [2.05, 4.69) is 5.32 Å². The summed E-state index contributed by atoms with van der Waals surface area (Å²) in [4.78, 5) is 12.8. The summed E-state index contributed by atoms with van der Waals surface area (Å²) in [6, 6.07) is 0. The number of carbonyl (C=O) groups is 1. The van der Waals surface area contributed by atoms with E-state index in [0.29, 0.717) is 6.42 Å². The first-order chi connectivity index (χ1) is 6.68. The lowest BCUT2D eigenvalue weighted by Gasteiger charge is -2.10. The molecule has 0 radical (unpaired) electrons. The van der Waals surface area contributed by atoms with Gasteiger partial charge in [-0.1, -0.05) is 0 Å². The summed E-state index contributed by atoms with van der Waals surface area (Å²) in [6.45, 7) is 5.24. The first-order valence-electron chi connectivity index (χ1n) is 5.17. The van der Waals surface area contributed by atoms with E-state index in [1.54, 1.807) is 19.0 Å². The molecule has 0 heterocycles. The van der Waals surface area contributed by atoms with Crippen molar-refractivity contribution in [1.29, 1.82) is 0 Å². The van der Waals surface area contributed by atoms with Gasteiger partial charge in [0.2, 0.25) is 5.91 Å². The SMILES string of the molecule is CCOCCNCCCC(=O)N(C)C. The normalized spacial score (nSPS) is 10.2. The van der Waals surface area contributed by atoms with Crippen molar-refractivity contribution in [3.8, 4) is 0 Å². The van der Waals surface area contributed by atoms with Gasteiger partial charge in [-0.05, 0) is 19.9 Å². The van der Waals surface area contributed by atoms with Gasteiger partial charge >= 0.3 is 0 Å². The third kappa shape index (κ3) is 8.01. The topological polar surface area (TPSA) is 41.6 Å². The molecule has 0 bridgehead atoms. The zero-order chi connectivity index (χ0) is 10.8. The van der Waals surface area contributed by atoms with Crippen molar-refractivity contribution in [2.24, 2.45) is 0 Å². The van der Waals surface area contributed by atoms with E-state index in [4.69, 9.17) is 4.74 Å². The van der Waals surface area contributed by atoms with Gasteiger partial charge < -0.3 is 15.0 Å². The highest BCUT2D eigenvalue weighted by Gasteiger charge is 2.01. The van der Waals surface area contributed by atoms with E-state index >= 15 is 0 Å². The molecule has 0 aliphatic heterocycles. The molecule has 0 aromatic heterocycles. The Labute approximate surface area is 86.6 Å². The van der Waals surface area contributed by atoms with Crippen molar-refractivity contribution in [3.05, 3.63) is 0 Å². The second-order valence-corrected chi connectivity index (χ2v) is 3.34. The Kier molecular flexibility index (Phi) is 8.57. The number of hydrogen-bond donors (Lipinski definition) is 1. The van der Waals surface area contributed by atoms with Gasteiger partial charge in [-0.25, -0.2) is 0 Å². The summed E-state index contributed by atoms with van der Waals surface area (Å²) in [5.74, 6) is 0.191. The van der Waals surface area contributed by atoms with Gasteiger partial charge in [0.15, 0.2) is 0 Å². The fourth-order valence-electron chi connectivity index (χ4n) is 1.00. The minimum absolute atomic E-state index is 0.191. The third-order valence-corrected chi connectivity index (χ3v) is 1.87. The molecule has 0 aliphatic carbocycles. The van der Waals surface area contributed by atoms with Gasteiger partial charge in [0.25, 0.3) is 0 Å². The molecular formula is C10H22N2O2. The quantitative estimate of drug-likeness (QED) is 0.582. The molecule has 4 nitrogen and oxygen atoms in total. The van der Waals surface area contributed by atoms with Crippen molar-refractivity contribution in [2.75, 3.05) is 40.4 Å². The monoisotopic (exact) mass is 202 g/mol. The van der Waals surface area contributed by atoms with Crippen LogP contribution in [0.15, 0.2) is 0 Å². The summed E-state index contributed by atoms with van der Waals surface area (Å²) < 4.78 is 5.16. The summed E-state index contributed by atoms with van der Waals surface area (Å²) >= 11 is 0. The molecule has 0 saturated carbocycles. The van der Waals surface area contributed by atoms with Crippen LogP contribution in [0.5, 0.6) is 0 Å². The van der Waals surface area contributed by atoms with E-state index in [1.807, 2.05) is 6.92 Å². The lowest BCUT2D eigenvalue weighted by molar-refractivity contribution is -0.128. The average molecular weight is 202 g/mol. The molecule has 84 valence electrons. The summed E-state index contributed by atoms with van der Waals surface area (Å²) in [5.41, 5.74) is 0. The number of ether oxygens (including phenoxy) is 1. The maximum Gasteiger partial charge on any atom is 0.222 e. The highest BCUT2D eigenvalue weighted by atomic mass is 16.5. The first kappa shape index (κ1) is 13.4. The van der Waals surface area contributed by atoms with Crippen molar-refractivity contribution in [2.45, 2.75) is 19.8 Å². The smallest absolute Gasteiger partial charge is 0.222 e. The Hall–Kier alpha value is -0.610. The molecule has 14 heavy (non-hydrogen) atoms. The Morgan fingerprint density at radius 2 is 2.07 bits per heavy atom.